The van der Waals surface area contributed by atoms with Crippen molar-refractivity contribution in [2.45, 2.75) is 13.5 Å². The van der Waals surface area contributed by atoms with E-state index in [9.17, 15) is 9.59 Å². The molecular weight excluding hydrogens is 300 g/mol. The molecule has 2 N–H and O–H groups in total. The van der Waals surface area contributed by atoms with Crippen LogP contribution in [0.2, 0.25) is 0 Å². The van der Waals surface area contributed by atoms with E-state index in [0.29, 0.717) is 17.8 Å². The van der Waals surface area contributed by atoms with Crippen LogP contribution in [0.5, 0.6) is 0 Å². The van der Waals surface area contributed by atoms with Crippen molar-refractivity contribution in [3.63, 3.8) is 0 Å². The summed E-state index contributed by atoms with van der Waals surface area (Å²) in [6, 6.07) is 18.9. The van der Waals surface area contributed by atoms with Crippen molar-refractivity contribution in [2.24, 2.45) is 0 Å². The summed E-state index contributed by atoms with van der Waals surface area (Å²) in [4.78, 5) is 24.0. The summed E-state index contributed by atoms with van der Waals surface area (Å²) in [5, 5.41) is 5.45. The topological polar surface area (TPSA) is 58.2 Å². The zero-order valence-corrected chi connectivity index (χ0v) is 13.6. The number of rotatable bonds is 6. The van der Waals surface area contributed by atoms with Gasteiger partial charge in [0, 0.05) is 23.9 Å². The molecule has 4 nitrogen and oxygen atoms in total. The van der Waals surface area contributed by atoms with Crippen LogP contribution in [0, 0.1) is 0 Å². The Labute approximate surface area is 141 Å². The van der Waals surface area contributed by atoms with E-state index in [1.807, 2.05) is 60.7 Å². The van der Waals surface area contributed by atoms with Gasteiger partial charge in [-0.3, -0.25) is 9.59 Å². The number of hydrogen-bond acceptors (Lipinski definition) is 2. The van der Waals surface area contributed by atoms with Crippen molar-refractivity contribution in [2.75, 3.05) is 0 Å². The van der Waals surface area contributed by atoms with Crippen LogP contribution in [0.25, 0.3) is 5.70 Å². The van der Waals surface area contributed by atoms with Gasteiger partial charge in [0.1, 0.15) is 0 Å². The minimum Gasteiger partial charge on any atom is -0.348 e. The molecule has 24 heavy (non-hydrogen) atoms. The third-order valence-electron chi connectivity index (χ3n) is 3.40. The molecule has 0 bridgehead atoms. The van der Waals surface area contributed by atoms with Crippen LogP contribution in [0.15, 0.2) is 78.9 Å². The monoisotopic (exact) mass is 320 g/mol. The van der Waals surface area contributed by atoms with E-state index in [1.165, 1.54) is 6.08 Å². The molecule has 4 heteroatoms. The van der Waals surface area contributed by atoms with Gasteiger partial charge in [-0.2, -0.15) is 0 Å². The average Bonchev–Trinajstić information content (AvgIpc) is 2.61. The van der Waals surface area contributed by atoms with Gasteiger partial charge in [0.15, 0.2) is 0 Å². The fourth-order valence-corrected chi connectivity index (χ4v) is 2.08. The largest absolute Gasteiger partial charge is 0.348 e. The zero-order valence-electron chi connectivity index (χ0n) is 13.6. The standard InChI is InChI=1S/C20H20N2O2/c1-15(20(24)21-14-17-9-5-3-6-10-17)13-19(23)22-16(2)18-11-7-4-8-12-18/h3-13H,2,14H2,1H3,(H,21,24)(H,22,23)/b15-13+. The van der Waals surface area contributed by atoms with Gasteiger partial charge in [-0.25, -0.2) is 0 Å². The number of carbonyl (C=O) groups is 2. The molecule has 2 aromatic rings. The molecule has 0 spiro atoms. The minimum atomic E-state index is -0.379. The normalized spacial score (nSPS) is 10.8. The van der Waals surface area contributed by atoms with Crippen molar-refractivity contribution >= 4 is 17.5 Å². The van der Waals surface area contributed by atoms with Crippen molar-refractivity contribution in [3.05, 3.63) is 90.0 Å². The van der Waals surface area contributed by atoms with Gasteiger partial charge in [-0.1, -0.05) is 67.2 Å². The van der Waals surface area contributed by atoms with E-state index in [-0.39, 0.29) is 11.8 Å². The molecule has 0 unspecified atom stereocenters. The predicted molar refractivity (Wildman–Crippen MR) is 95.7 cm³/mol. The van der Waals surface area contributed by atoms with Crippen LogP contribution in [0.1, 0.15) is 18.1 Å². The molecule has 2 amide bonds. The van der Waals surface area contributed by atoms with Crippen LogP contribution in [0.4, 0.5) is 0 Å². The SMILES string of the molecule is C=C(NC(=O)/C=C(\C)C(=O)NCc1ccccc1)c1ccccc1. The van der Waals surface area contributed by atoms with Gasteiger partial charge >= 0.3 is 0 Å². The Morgan fingerprint density at radius 2 is 1.58 bits per heavy atom. The molecule has 122 valence electrons. The predicted octanol–water partition coefficient (Wildman–Crippen LogP) is 3.04. The Morgan fingerprint density at radius 3 is 2.21 bits per heavy atom. The second-order valence-electron chi connectivity index (χ2n) is 5.33. The van der Waals surface area contributed by atoms with Crippen LogP contribution in [-0.2, 0) is 16.1 Å². The number of nitrogens with one attached hydrogen (secondary N) is 2. The summed E-state index contributed by atoms with van der Waals surface area (Å²) < 4.78 is 0. The Morgan fingerprint density at radius 1 is 1.00 bits per heavy atom. The second kappa shape index (κ2) is 8.48. The highest BCUT2D eigenvalue weighted by molar-refractivity contribution is 6.02. The van der Waals surface area contributed by atoms with E-state index >= 15 is 0 Å². The number of amides is 2. The molecule has 0 saturated carbocycles. The summed E-state index contributed by atoms with van der Waals surface area (Å²) in [5.74, 6) is -0.657. The molecule has 0 aliphatic carbocycles. The molecule has 0 heterocycles. The van der Waals surface area contributed by atoms with E-state index < -0.39 is 0 Å². The Balaban J connectivity index is 1.88. The molecule has 0 radical (unpaired) electrons. The summed E-state index contributed by atoms with van der Waals surface area (Å²) in [5.41, 5.74) is 2.66. The van der Waals surface area contributed by atoms with Crippen molar-refractivity contribution in [3.8, 4) is 0 Å². The Bertz CT molecular complexity index is 750. The molecule has 0 aliphatic heterocycles. The lowest BCUT2D eigenvalue weighted by Crippen LogP contribution is -2.25. The first-order valence-corrected chi connectivity index (χ1v) is 7.62. The molecule has 0 aliphatic rings. The van der Waals surface area contributed by atoms with Gasteiger partial charge < -0.3 is 10.6 Å². The number of benzene rings is 2. The summed E-state index contributed by atoms with van der Waals surface area (Å²) in [6.45, 7) is 5.85. The molecule has 2 aromatic carbocycles. The fourth-order valence-electron chi connectivity index (χ4n) is 2.08. The zero-order chi connectivity index (χ0) is 17.4. The molecule has 0 fully saturated rings. The Kier molecular flexibility index (Phi) is 6.08. The molecule has 0 aromatic heterocycles. The van der Waals surface area contributed by atoms with Crippen molar-refractivity contribution < 1.29 is 9.59 Å². The first-order valence-electron chi connectivity index (χ1n) is 7.62. The number of hydrogen-bond donors (Lipinski definition) is 2. The Hall–Kier alpha value is -3.14. The lowest BCUT2D eigenvalue weighted by molar-refractivity contribution is -0.119. The number of carbonyl (C=O) groups excluding carboxylic acids is 2. The average molecular weight is 320 g/mol. The van der Waals surface area contributed by atoms with Gasteiger partial charge in [-0.05, 0) is 18.1 Å². The smallest absolute Gasteiger partial charge is 0.248 e. The molecule has 0 atom stereocenters. The summed E-state index contributed by atoms with van der Waals surface area (Å²) in [7, 11) is 0. The van der Waals surface area contributed by atoms with Crippen LogP contribution in [0.3, 0.4) is 0 Å². The van der Waals surface area contributed by atoms with Gasteiger partial charge in [0.05, 0.1) is 0 Å². The highest BCUT2D eigenvalue weighted by Crippen LogP contribution is 2.08. The minimum absolute atomic E-state index is 0.278. The molecular formula is C20H20N2O2. The van der Waals surface area contributed by atoms with E-state index in [1.54, 1.807) is 6.92 Å². The fraction of sp³-hybridized carbons (Fsp3) is 0.100. The summed E-state index contributed by atoms with van der Waals surface area (Å²) in [6.07, 6.45) is 1.27. The van der Waals surface area contributed by atoms with E-state index in [0.717, 1.165) is 11.1 Å². The lowest BCUT2D eigenvalue weighted by atomic mass is 10.1. The van der Waals surface area contributed by atoms with Crippen molar-refractivity contribution in [1.29, 1.82) is 0 Å². The van der Waals surface area contributed by atoms with Crippen LogP contribution < -0.4 is 10.6 Å². The quantitative estimate of drug-likeness (QED) is 0.804. The van der Waals surface area contributed by atoms with E-state index in [2.05, 4.69) is 17.2 Å². The third kappa shape index (κ3) is 5.25. The van der Waals surface area contributed by atoms with Gasteiger partial charge in [-0.15, -0.1) is 0 Å². The van der Waals surface area contributed by atoms with Crippen LogP contribution >= 0.6 is 0 Å². The molecule has 2 rings (SSSR count). The van der Waals surface area contributed by atoms with Gasteiger partial charge in [0.25, 0.3) is 0 Å². The maximum atomic E-state index is 12.0. The first kappa shape index (κ1) is 17.2. The lowest BCUT2D eigenvalue weighted by Gasteiger charge is -2.08. The first-order chi connectivity index (χ1) is 11.6. The summed E-state index contributed by atoms with van der Waals surface area (Å²) >= 11 is 0. The van der Waals surface area contributed by atoms with Crippen molar-refractivity contribution in [1.82, 2.24) is 10.6 Å². The highest BCUT2D eigenvalue weighted by Gasteiger charge is 2.08. The maximum absolute atomic E-state index is 12.0. The van der Waals surface area contributed by atoms with Gasteiger partial charge in [0.2, 0.25) is 11.8 Å². The maximum Gasteiger partial charge on any atom is 0.248 e. The third-order valence-corrected chi connectivity index (χ3v) is 3.40. The van der Waals surface area contributed by atoms with E-state index in [4.69, 9.17) is 0 Å². The second-order valence-corrected chi connectivity index (χ2v) is 5.33. The van der Waals surface area contributed by atoms with Crippen LogP contribution in [-0.4, -0.2) is 11.8 Å². The highest BCUT2D eigenvalue weighted by atomic mass is 16.2. The molecule has 0 saturated heterocycles.